The second-order valence-corrected chi connectivity index (χ2v) is 10.8. The van der Waals surface area contributed by atoms with E-state index in [4.69, 9.17) is 9.97 Å². The topological polar surface area (TPSA) is 69.2 Å². The highest BCUT2D eigenvalue weighted by molar-refractivity contribution is 5.73. The summed E-state index contributed by atoms with van der Waals surface area (Å²) in [6.45, 7) is 7.72. The van der Waals surface area contributed by atoms with Gasteiger partial charge in [-0.25, -0.2) is 4.98 Å². The Morgan fingerprint density at radius 2 is 1.76 bits per heavy atom. The maximum Gasteiger partial charge on any atom is 0.224 e. The molecule has 2 saturated carbocycles. The Morgan fingerprint density at radius 3 is 2.47 bits per heavy atom. The van der Waals surface area contributed by atoms with Crippen molar-refractivity contribution in [1.29, 1.82) is 0 Å². The Kier molecular flexibility index (Phi) is 7.60. The number of aromatic nitrogens is 3. The van der Waals surface area contributed by atoms with E-state index < -0.39 is 0 Å². The van der Waals surface area contributed by atoms with Crippen LogP contribution in [0, 0.1) is 5.92 Å². The van der Waals surface area contributed by atoms with Gasteiger partial charge in [0.1, 0.15) is 5.82 Å². The number of nitrogens with one attached hydrogen (secondary N) is 2. The Morgan fingerprint density at radius 1 is 0.971 bits per heavy atom. The minimum Gasteiger partial charge on any atom is -0.367 e. The molecule has 3 aliphatic rings. The van der Waals surface area contributed by atoms with Crippen molar-refractivity contribution in [3.63, 3.8) is 0 Å². The largest absolute Gasteiger partial charge is 0.367 e. The van der Waals surface area contributed by atoms with Gasteiger partial charge in [0.15, 0.2) is 0 Å². The van der Waals surface area contributed by atoms with Gasteiger partial charge in [0.05, 0.1) is 11.3 Å². The number of rotatable bonds is 9. The van der Waals surface area contributed by atoms with E-state index in [1.807, 2.05) is 12.4 Å². The highest BCUT2D eigenvalue weighted by atomic mass is 15.2. The summed E-state index contributed by atoms with van der Waals surface area (Å²) in [4.78, 5) is 19.4. The summed E-state index contributed by atoms with van der Waals surface area (Å²) >= 11 is 0. The van der Waals surface area contributed by atoms with Crippen molar-refractivity contribution in [3.05, 3.63) is 30.1 Å². The molecule has 34 heavy (non-hydrogen) atoms. The molecular formula is C27H41N7. The van der Waals surface area contributed by atoms with Crippen LogP contribution in [0.4, 0.5) is 11.8 Å². The van der Waals surface area contributed by atoms with E-state index >= 15 is 0 Å². The van der Waals surface area contributed by atoms with Gasteiger partial charge in [0.25, 0.3) is 0 Å². The van der Waals surface area contributed by atoms with Crippen molar-refractivity contribution in [3.8, 4) is 11.3 Å². The van der Waals surface area contributed by atoms with Gasteiger partial charge < -0.3 is 15.5 Å². The van der Waals surface area contributed by atoms with Crippen molar-refractivity contribution in [2.75, 3.05) is 43.9 Å². The molecule has 0 radical (unpaired) electrons. The van der Waals surface area contributed by atoms with Crippen molar-refractivity contribution in [1.82, 2.24) is 24.8 Å². The van der Waals surface area contributed by atoms with E-state index in [0.717, 1.165) is 61.7 Å². The number of piperazine rings is 1. The predicted octanol–water partition coefficient (Wildman–Crippen LogP) is 4.63. The molecule has 7 nitrogen and oxygen atoms in total. The SMILES string of the molecule is C[C@@H](CC1CC1)Nc1ncc(-c2ccc(CN3CCN(C)CC3)cn2)c(NC2CCCCC2)n1. The fourth-order valence-electron chi connectivity index (χ4n) is 5.26. The molecule has 3 fully saturated rings. The molecule has 3 heterocycles. The molecule has 0 amide bonds. The summed E-state index contributed by atoms with van der Waals surface area (Å²) in [7, 11) is 2.20. The standard InChI is InChI=1S/C27H41N7/c1-20(16-21-8-9-21)30-27-29-18-24(26(32-27)31-23-6-4-3-5-7-23)25-11-10-22(17-28-25)19-34-14-12-33(2)13-15-34/h10-11,17-18,20-21,23H,3-9,12-16,19H2,1-2H3,(H2,29,30,31,32)/t20-/m0/s1. The number of pyridine rings is 1. The Bertz CT molecular complexity index is 913. The molecule has 0 unspecified atom stereocenters. The van der Waals surface area contributed by atoms with E-state index in [1.54, 1.807) is 0 Å². The molecule has 1 saturated heterocycles. The first-order chi connectivity index (χ1) is 16.6. The zero-order valence-electron chi connectivity index (χ0n) is 21.0. The fraction of sp³-hybridized carbons (Fsp3) is 0.667. The second-order valence-electron chi connectivity index (χ2n) is 10.8. The van der Waals surface area contributed by atoms with Crippen LogP contribution in [0.3, 0.4) is 0 Å². The van der Waals surface area contributed by atoms with Crippen LogP contribution in [0.15, 0.2) is 24.5 Å². The van der Waals surface area contributed by atoms with Crippen LogP contribution >= 0.6 is 0 Å². The zero-order valence-corrected chi connectivity index (χ0v) is 21.0. The lowest BCUT2D eigenvalue weighted by molar-refractivity contribution is 0.148. The average molecular weight is 464 g/mol. The number of anilines is 2. The van der Waals surface area contributed by atoms with E-state index in [-0.39, 0.29) is 0 Å². The summed E-state index contributed by atoms with van der Waals surface area (Å²) in [5.74, 6) is 2.53. The van der Waals surface area contributed by atoms with Crippen LogP contribution in [-0.2, 0) is 6.54 Å². The summed E-state index contributed by atoms with van der Waals surface area (Å²) < 4.78 is 0. The molecular weight excluding hydrogens is 422 g/mol. The van der Waals surface area contributed by atoms with Gasteiger partial charge in [0, 0.05) is 57.2 Å². The first-order valence-electron chi connectivity index (χ1n) is 13.4. The molecule has 2 aromatic heterocycles. The molecule has 1 aliphatic heterocycles. The maximum atomic E-state index is 4.95. The van der Waals surface area contributed by atoms with E-state index in [1.165, 1.54) is 56.9 Å². The average Bonchev–Trinajstić information content (AvgIpc) is 3.66. The molecule has 1 atom stereocenters. The number of nitrogens with zero attached hydrogens (tertiary/aromatic N) is 5. The van der Waals surface area contributed by atoms with Gasteiger partial charge in [-0.15, -0.1) is 0 Å². The third-order valence-electron chi connectivity index (χ3n) is 7.60. The lowest BCUT2D eigenvalue weighted by atomic mass is 9.95. The number of hydrogen-bond acceptors (Lipinski definition) is 7. The van der Waals surface area contributed by atoms with Crippen molar-refractivity contribution >= 4 is 11.8 Å². The highest BCUT2D eigenvalue weighted by Crippen LogP contribution is 2.34. The van der Waals surface area contributed by atoms with Gasteiger partial charge in [0.2, 0.25) is 5.95 Å². The van der Waals surface area contributed by atoms with E-state index in [0.29, 0.717) is 12.1 Å². The Hall–Kier alpha value is -2.25. The molecule has 2 aromatic rings. The van der Waals surface area contributed by atoms with Crippen LogP contribution in [0.5, 0.6) is 0 Å². The van der Waals surface area contributed by atoms with Crippen molar-refractivity contribution < 1.29 is 0 Å². The molecule has 0 bridgehead atoms. The first kappa shape index (κ1) is 23.5. The summed E-state index contributed by atoms with van der Waals surface area (Å²) in [5.41, 5.74) is 3.21. The van der Waals surface area contributed by atoms with Crippen LogP contribution in [0.1, 0.15) is 63.9 Å². The lowest BCUT2D eigenvalue weighted by Crippen LogP contribution is -2.43. The first-order valence-corrected chi connectivity index (χ1v) is 13.4. The molecule has 0 spiro atoms. The smallest absolute Gasteiger partial charge is 0.224 e. The molecule has 2 N–H and O–H groups in total. The summed E-state index contributed by atoms with van der Waals surface area (Å²) in [6, 6.07) is 5.23. The van der Waals surface area contributed by atoms with Gasteiger partial charge in [-0.2, -0.15) is 4.98 Å². The Labute approximate surface area is 204 Å². The molecule has 0 aromatic carbocycles. The summed E-state index contributed by atoms with van der Waals surface area (Å²) in [5, 5.41) is 7.29. The predicted molar refractivity (Wildman–Crippen MR) is 139 cm³/mol. The van der Waals surface area contributed by atoms with Crippen molar-refractivity contribution in [2.45, 2.75) is 76.9 Å². The van der Waals surface area contributed by atoms with Crippen LogP contribution < -0.4 is 10.6 Å². The van der Waals surface area contributed by atoms with Gasteiger partial charge >= 0.3 is 0 Å². The Balaban J connectivity index is 1.31. The maximum absolute atomic E-state index is 4.95. The van der Waals surface area contributed by atoms with Gasteiger partial charge in [-0.3, -0.25) is 9.88 Å². The molecule has 7 heteroatoms. The zero-order chi connectivity index (χ0) is 23.3. The lowest BCUT2D eigenvalue weighted by Gasteiger charge is -2.32. The minimum absolute atomic E-state index is 0.396. The second kappa shape index (κ2) is 11.0. The van der Waals surface area contributed by atoms with Crippen LogP contribution in [-0.4, -0.2) is 70.1 Å². The highest BCUT2D eigenvalue weighted by Gasteiger charge is 2.24. The van der Waals surface area contributed by atoms with Crippen LogP contribution in [0.25, 0.3) is 11.3 Å². The normalized spacial score (nSPS) is 21.4. The van der Waals surface area contributed by atoms with Gasteiger partial charge in [-0.1, -0.05) is 38.2 Å². The van der Waals surface area contributed by atoms with E-state index in [2.05, 4.69) is 51.5 Å². The van der Waals surface area contributed by atoms with Crippen LogP contribution in [0.2, 0.25) is 0 Å². The van der Waals surface area contributed by atoms with Crippen molar-refractivity contribution in [2.24, 2.45) is 5.92 Å². The van der Waals surface area contributed by atoms with Gasteiger partial charge in [-0.05, 0) is 50.8 Å². The number of likely N-dealkylation sites (N-methyl/N-ethyl adjacent to an activating group) is 1. The third-order valence-corrected chi connectivity index (χ3v) is 7.60. The molecule has 2 aliphatic carbocycles. The molecule has 5 rings (SSSR count). The quantitative estimate of drug-likeness (QED) is 0.562. The fourth-order valence-corrected chi connectivity index (χ4v) is 5.26. The van der Waals surface area contributed by atoms with E-state index in [9.17, 15) is 0 Å². The summed E-state index contributed by atoms with van der Waals surface area (Å²) in [6.07, 6.45) is 14.3. The number of hydrogen-bond donors (Lipinski definition) is 2. The third kappa shape index (κ3) is 6.45. The molecule has 184 valence electrons. The minimum atomic E-state index is 0.396. The monoisotopic (exact) mass is 463 g/mol.